The smallest absolute Gasteiger partial charge is 0.407 e. The van der Waals surface area contributed by atoms with Crippen molar-refractivity contribution in [2.45, 2.75) is 39.3 Å². The predicted molar refractivity (Wildman–Crippen MR) is 70.9 cm³/mol. The zero-order valence-electron chi connectivity index (χ0n) is 11.7. The summed E-state index contributed by atoms with van der Waals surface area (Å²) < 4.78 is 6.28. The lowest BCUT2D eigenvalue weighted by atomic mass is 10.2. The van der Waals surface area contributed by atoms with Gasteiger partial charge in [0.25, 0.3) is 5.56 Å². The van der Waals surface area contributed by atoms with Crippen LogP contribution in [0.4, 0.5) is 4.79 Å². The van der Waals surface area contributed by atoms with Crippen molar-refractivity contribution in [2.24, 2.45) is 0 Å². The largest absolute Gasteiger partial charge is 0.477 e. The van der Waals surface area contributed by atoms with E-state index in [1.807, 2.05) is 0 Å². The number of rotatable bonds is 5. The van der Waals surface area contributed by atoms with Crippen LogP contribution in [0.2, 0.25) is 0 Å². The monoisotopic (exact) mass is 285 g/mol. The molecular formula is C12H19N3O5. The number of nitrogens with one attached hydrogen (secondary N) is 2. The van der Waals surface area contributed by atoms with Crippen molar-refractivity contribution in [3.63, 3.8) is 0 Å². The summed E-state index contributed by atoms with van der Waals surface area (Å²) in [5, 5.41) is 13.8. The summed E-state index contributed by atoms with van der Waals surface area (Å²) in [5.41, 5.74) is -1.14. The molecule has 1 heterocycles. The molecule has 3 N–H and O–H groups in total. The average Bonchev–Trinajstić information content (AvgIpc) is 2.63. The van der Waals surface area contributed by atoms with Gasteiger partial charge >= 0.3 is 12.1 Å². The van der Waals surface area contributed by atoms with Gasteiger partial charge in [0, 0.05) is 19.2 Å². The van der Waals surface area contributed by atoms with Crippen molar-refractivity contribution in [1.29, 1.82) is 0 Å². The van der Waals surface area contributed by atoms with Gasteiger partial charge in [0.1, 0.15) is 11.3 Å². The van der Waals surface area contributed by atoms with Crippen molar-refractivity contribution in [2.75, 3.05) is 6.54 Å². The Morgan fingerprint density at radius 1 is 1.45 bits per heavy atom. The first-order chi connectivity index (χ1) is 9.19. The highest BCUT2D eigenvalue weighted by Gasteiger charge is 2.15. The first kappa shape index (κ1) is 15.8. The molecule has 1 aromatic heterocycles. The van der Waals surface area contributed by atoms with Crippen LogP contribution < -0.4 is 10.9 Å². The standard InChI is InChI=1S/C12H19N3O5/c1-12(2,3)20-11(19)13-5-4-6-15-8(10(17)18)7-9(16)14-15/h7H,4-6H2,1-3H3,(H,13,19)(H,14,16)(H,17,18). The Kier molecular flexibility index (Phi) is 4.95. The third-order valence-electron chi connectivity index (χ3n) is 2.25. The Bertz CT molecular complexity index is 538. The third-order valence-corrected chi connectivity index (χ3v) is 2.25. The fourth-order valence-corrected chi connectivity index (χ4v) is 1.52. The van der Waals surface area contributed by atoms with Gasteiger partial charge in [-0.15, -0.1) is 0 Å². The summed E-state index contributed by atoms with van der Waals surface area (Å²) in [5.74, 6) is -1.18. The van der Waals surface area contributed by atoms with Gasteiger partial charge in [-0.25, -0.2) is 9.59 Å². The second-order valence-corrected chi connectivity index (χ2v) is 5.24. The highest BCUT2D eigenvalue weighted by Crippen LogP contribution is 2.06. The van der Waals surface area contributed by atoms with E-state index in [0.717, 1.165) is 6.07 Å². The van der Waals surface area contributed by atoms with Crippen LogP contribution in [0.5, 0.6) is 0 Å². The number of carboxylic acid groups (broad SMARTS) is 1. The number of carboxylic acids is 1. The Balaban J connectivity index is 2.40. The molecule has 0 bridgehead atoms. The molecule has 1 aromatic rings. The summed E-state index contributed by atoms with van der Waals surface area (Å²) in [7, 11) is 0. The van der Waals surface area contributed by atoms with E-state index in [-0.39, 0.29) is 12.2 Å². The second-order valence-electron chi connectivity index (χ2n) is 5.24. The predicted octanol–water partition coefficient (Wildman–Crippen LogP) is 0.789. The van der Waals surface area contributed by atoms with Crippen molar-refractivity contribution >= 4 is 12.1 Å². The van der Waals surface area contributed by atoms with Gasteiger partial charge in [0.05, 0.1) is 0 Å². The number of alkyl carbamates (subject to hydrolysis) is 1. The molecule has 0 spiro atoms. The van der Waals surface area contributed by atoms with Gasteiger partial charge in [-0.1, -0.05) is 0 Å². The van der Waals surface area contributed by atoms with Crippen molar-refractivity contribution < 1.29 is 19.4 Å². The van der Waals surface area contributed by atoms with Gasteiger partial charge in [-0.3, -0.25) is 14.6 Å². The van der Waals surface area contributed by atoms with Crippen LogP contribution in [0.15, 0.2) is 10.9 Å². The van der Waals surface area contributed by atoms with Gasteiger partial charge in [-0.05, 0) is 27.2 Å². The van der Waals surface area contributed by atoms with Crippen LogP contribution in [0.1, 0.15) is 37.7 Å². The molecule has 0 saturated carbocycles. The number of ether oxygens (including phenoxy) is 1. The number of hydrogen-bond acceptors (Lipinski definition) is 4. The van der Waals surface area contributed by atoms with E-state index >= 15 is 0 Å². The van der Waals surface area contributed by atoms with Crippen LogP contribution in [0, 0.1) is 0 Å². The van der Waals surface area contributed by atoms with Crippen molar-refractivity contribution in [1.82, 2.24) is 15.1 Å². The molecule has 1 rings (SSSR count). The molecule has 0 aliphatic carbocycles. The Labute approximate surface area is 115 Å². The van der Waals surface area contributed by atoms with E-state index in [1.165, 1.54) is 4.68 Å². The first-order valence-electron chi connectivity index (χ1n) is 6.19. The minimum atomic E-state index is -1.18. The maximum Gasteiger partial charge on any atom is 0.407 e. The number of amides is 1. The highest BCUT2D eigenvalue weighted by molar-refractivity contribution is 5.85. The summed E-state index contributed by atoms with van der Waals surface area (Å²) in [4.78, 5) is 33.3. The number of hydrogen-bond donors (Lipinski definition) is 3. The van der Waals surface area contributed by atoms with Crippen LogP contribution >= 0.6 is 0 Å². The summed E-state index contributed by atoms with van der Waals surface area (Å²) in [6, 6.07) is 1.02. The number of H-pyrrole nitrogens is 1. The number of carbonyl (C=O) groups is 2. The number of aryl methyl sites for hydroxylation is 1. The Morgan fingerprint density at radius 2 is 2.10 bits per heavy atom. The molecule has 0 aliphatic rings. The molecule has 0 radical (unpaired) electrons. The number of aromatic amines is 1. The van der Waals surface area contributed by atoms with Crippen LogP contribution in [-0.4, -0.2) is 39.1 Å². The third kappa shape index (κ3) is 5.17. The van der Waals surface area contributed by atoms with Crippen molar-refractivity contribution in [3.8, 4) is 0 Å². The quantitative estimate of drug-likeness (QED) is 0.692. The summed E-state index contributed by atoms with van der Waals surface area (Å²) >= 11 is 0. The van der Waals surface area contributed by atoms with E-state index in [1.54, 1.807) is 20.8 Å². The number of carbonyl (C=O) groups excluding carboxylic acids is 1. The van der Waals surface area contributed by atoms with E-state index in [9.17, 15) is 14.4 Å². The van der Waals surface area contributed by atoms with E-state index < -0.39 is 23.2 Å². The first-order valence-corrected chi connectivity index (χ1v) is 6.19. The fourth-order valence-electron chi connectivity index (χ4n) is 1.52. The lowest BCUT2D eigenvalue weighted by Crippen LogP contribution is -2.33. The zero-order valence-corrected chi connectivity index (χ0v) is 11.7. The molecule has 112 valence electrons. The summed E-state index contributed by atoms with van der Waals surface area (Å²) in [6.07, 6.45) is -0.0682. The van der Waals surface area contributed by atoms with Crippen molar-refractivity contribution in [3.05, 3.63) is 22.1 Å². The number of nitrogens with zero attached hydrogens (tertiary/aromatic N) is 1. The molecule has 20 heavy (non-hydrogen) atoms. The molecule has 0 unspecified atom stereocenters. The number of aromatic nitrogens is 2. The van der Waals surface area contributed by atoms with Gasteiger partial charge < -0.3 is 15.2 Å². The zero-order chi connectivity index (χ0) is 15.3. The average molecular weight is 285 g/mol. The van der Waals surface area contributed by atoms with Crippen LogP contribution in [0.25, 0.3) is 0 Å². The Morgan fingerprint density at radius 3 is 2.65 bits per heavy atom. The lowest BCUT2D eigenvalue weighted by molar-refractivity contribution is 0.0525. The molecule has 0 aliphatic heterocycles. The molecule has 0 saturated heterocycles. The normalized spacial score (nSPS) is 11.2. The fraction of sp³-hybridized carbons (Fsp3) is 0.583. The van der Waals surface area contributed by atoms with Crippen LogP contribution in [-0.2, 0) is 11.3 Å². The van der Waals surface area contributed by atoms with E-state index in [0.29, 0.717) is 13.0 Å². The highest BCUT2D eigenvalue weighted by atomic mass is 16.6. The molecular weight excluding hydrogens is 266 g/mol. The van der Waals surface area contributed by atoms with E-state index in [4.69, 9.17) is 9.84 Å². The van der Waals surface area contributed by atoms with Crippen LogP contribution in [0.3, 0.4) is 0 Å². The molecule has 0 aromatic carbocycles. The van der Waals surface area contributed by atoms with E-state index in [2.05, 4.69) is 10.4 Å². The topological polar surface area (TPSA) is 113 Å². The second kappa shape index (κ2) is 6.27. The molecule has 1 amide bonds. The van der Waals surface area contributed by atoms with Gasteiger partial charge in [0.15, 0.2) is 0 Å². The molecule has 0 atom stereocenters. The molecule has 0 fully saturated rings. The Hall–Kier alpha value is -2.25. The lowest BCUT2D eigenvalue weighted by Gasteiger charge is -2.19. The maximum absolute atomic E-state index is 11.4. The minimum Gasteiger partial charge on any atom is -0.477 e. The van der Waals surface area contributed by atoms with Gasteiger partial charge in [-0.2, -0.15) is 0 Å². The van der Waals surface area contributed by atoms with Gasteiger partial charge in [0.2, 0.25) is 0 Å². The minimum absolute atomic E-state index is 0.104. The maximum atomic E-state index is 11.4. The number of aromatic carboxylic acids is 1. The molecule has 8 nitrogen and oxygen atoms in total. The SMILES string of the molecule is CC(C)(C)OC(=O)NCCCn1[nH]c(=O)cc1C(=O)O. The molecule has 8 heteroatoms. The summed E-state index contributed by atoms with van der Waals surface area (Å²) in [6.45, 7) is 5.87.